The van der Waals surface area contributed by atoms with Crippen molar-refractivity contribution in [2.45, 2.75) is 45.3 Å². The van der Waals surface area contributed by atoms with E-state index in [4.69, 9.17) is 10.8 Å². The van der Waals surface area contributed by atoms with Crippen LogP contribution in [0, 0.1) is 0 Å². The van der Waals surface area contributed by atoms with Crippen molar-refractivity contribution in [2.24, 2.45) is 5.73 Å². The molecule has 19 heavy (non-hydrogen) atoms. The van der Waals surface area contributed by atoms with Crippen molar-refractivity contribution in [3.63, 3.8) is 0 Å². The number of nitrogens with two attached hydrogens (primary N) is 1. The second kappa shape index (κ2) is 7.03. The number of nitrogens with one attached hydrogen (secondary N) is 1. The van der Waals surface area contributed by atoms with Gasteiger partial charge in [-0.15, -0.1) is 0 Å². The van der Waals surface area contributed by atoms with Gasteiger partial charge in [0, 0.05) is 45.0 Å². The Bertz CT molecular complexity index is 372. The zero-order valence-electron chi connectivity index (χ0n) is 12.2. The van der Waals surface area contributed by atoms with E-state index >= 15 is 0 Å². The van der Waals surface area contributed by atoms with E-state index in [0.29, 0.717) is 18.6 Å². The van der Waals surface area contributed by atoms with E-state index in [0.717, 1.165) is 44.7 Å². The number of hydrogen-bond donors (Lipinski definition) is 2. The molecule has 1 atom stereocenters. The lowest BCUT2D eigenvalue weighted by atomic mass is 10.2. The van der Waals surface area contributed by atoms with Crippen LogP contribution in [0.4, 0.5) is 0 Å². The van der Waals surface area contributed by atoms with Crippen molar-refractivity contribution in [1.29, 1.82) is 0 Å². The Kier molecular flexibility index (Phi) is 5.36. The van der Waals surface area contributed by atoms with Gasteiger partial charge in [-0.2, -0.15) is 5.10 Å². The quantitative estimate of drug-likeness (QED) is 0.805. The molecular formula is C14H27N5. The first-order chi connectivity index (χ1) is 9.28. The normalized spacial score (nSPS) is 21.2. The molecule has 0 spiro atoms. The van der Waals surface area contributed by atoms with Gasteiger partial charge in [-0.25, -0.2) is 0 Å². The molecule has 1 saturated heterocycles. The molecule has 3 N–H and O–H groups in total. The third-order valence-electron chi connectivity index (χ3n) is 4.09. The first kappa shape index (κ1) is 14.5. The highest BCUT2D eigenvalue weighted by Crippen LogP contribution is 2.15. The van der Waals surface area contributed by atoms with Crippen molar-refractivity contribution in [2.75, 3.05) is 26.2 Å². The van der Waals surface area contributed by atoms with Crippen LogP contribution >= 0.6 is 0 Å². The summed E-state index contributed by atoms with van der Waals surface area (Å²) in [4.78, 5) is 2.44. The fraction of sp³-hybridized carbons (Fsp3) is 0.786. The van der Waals surface area contributed by atoms with Crippen LogP contribution in [-0.4, -0.2) is 46.9 Å². The van der Waals surface area contributed by atoms with Gasteiger partial charge in [0.2, 0.25) is 0 Å². The van der Waals surface area contributed by atoms with E-state index in [9.17, 15) is 0 Å². The molecule has 1 fully saturated rings. The van der Waals surface area contributed by atoms with Crippen molar-refractivity contribution in [1.82, 2.24) is 20.0 Å². The Hall–Kier alpha value is -0.910. The Balaban J connectivity index is 1.98. The van der Waals surface area contributed by atoms with Gasteiger partial charge in [0.1, 0.15) is 0 Å². The van der Waals surface area contributed by atoms with E-state index in [2.05, 4.69) is 41.0 Å². The summed E-state index contributed by atoms with van der Waals surface area (Å²) < 4.78 is 2.12. The van der Waals surface area contributed by atoms with Crippen molar-refractivity contribution < 1.29 is 0 Å². The summed E-state index contributed by atoms with van der Waals surface area (Å²) in [5, 5.41) is 8.12. The SMILES string of the molecule is CCC(CC)n1ccc(CN2CCNCC2CN)n1. The standard InChI is InChI=1S/C14H27N5/c1-3-13(4-2)19-7-5-12(17-19)11-18-8-6-16-10-14(18)9-15/h5,7,13-14,16H,3-4,6,8-11,15H2,1-2H3. The van der Waals surface area contributed by atoms with Crippen LogP contribution in [-0.2, 0) is 6.54 Å². The van der Waals surface area contributed by atoms with Gasteiger partial charge in [0.15, 0.2) is 0 Å². The summed E-state index contributed by atoms with van der Waals surface area (Å²) in [5.74, 6) is 0. The number of rotatable bonds is 6. The summed E-state index contributed by atoms with van der Waals surface area (Å²) in [6.07, 6.45) is 4.39. The van der Waals surface area contributed by atoms with Crippen LogP contribution in [0.15, 0.2) is 12.3 Å². The molecule has 1 aromatic heterocycles. The van der Waals surface area contributed by atoms with Crippen LogP contribution in [0.2, 0.25) is 0 Å². The van der Waals surface area contributed by atoms with E-state index < -0.39 is 0 Å². The van der Waals surface area contributed by atoms with Crippen LogP contribution < -0.4 is 11.1 Å². The molecule has 2 rings (SSSR count). The zero-order chi connectivity index (χ0) is 13.7. The van der Waals surface area contributed by atoms with Gasteiger partial charge in [0.25, 0.3) is 0 Å². The number of piperazine rings is 1. The van der Waals surface area contributed by atoms with Crippen molar-refractivity contribution >= 4 is 0 Å². The summed E-state index contributed by atoms with van der Waals surface area (Å²) in [6.45, 7) is 9.15. The topological polar surface area (TPSA) is 59.1 Å². The predicted molar refractivity (Wildman–Crippen MR) is 78.0 cm³/mol. The number of aromatic nitrogens is 2. The zero-order valence-corrected chi connectivity index (χ0v) is 12.2. The lowest BCUT2D eigenvalue weighted by molar-refractivity contribution is 0.155. The van der Waals surface area contributed by atoms with E-state index in [1.165, 1.54) is 0 Å². The molecule has 5 heteroatoms. The summed E-state index contributed by atoms with van der Waals surface area (Å²) in [5.41, 5.74) is 7.00. The Morgan fingerprint density at radius 1 is 1.47 bits per heavy atom. The lowest BCUT2D eigenvalue weighted by Crippen LogP contribution is -2.53. The molecule has 0 aromatic carbocycles. The lowest BCUT2D eigenvalue weighted by Gasteiger charge is -2.34. The Labute approximate surface area is 116 Å². The maximum absolute atomic E-state index is 5.84. The molecule has 108 valence electrons. The molecule has 1 aliphatic rings. The first-order valence-corrected chi connectivity index (χ1v) is 7.47. The maximum atomic E-state index is 5.84. The number of hydrogen-bond acceptors (Lipinski definition) is 4. The van der Waals surface area contributed by atoms with Gasteiger partial charge < -0.3 is 11.1 Å². The highest BCUT2D eigenvalue weighted by Gasteiger charge is 2.21. The van der Waals surface area contributed by atoms with E-state index in [1.54, 1.807) is 0 Å². The molecule has 1 unspecified atom stereocenters. The van der Waals surface area contributed by atoms with Crippen molar-refractivity contribution in [3.05, 3.63) is 18.0 Å². The van der Waals surface area contributed by atoms with Crippen LogP contribution in [0.3, 0.4) is 0 Å². The molecule has 5 nitrogen and oxygen atoms in total. The van der Waals surface area contributed by atoms with Gasteiger partial charge >= 0.3 is 0 Å². The van der Waals surface area contributed by atoms with Gasteiger partial charge in [-0.3, -0.25) is 9.58 Å². The average molecular weight is 265 g/mol. The highest BCUT2D eigenvalue weighted by molar-refractivity contribution is 5.01. The van der Waals surface area contributed by atoms with Crippen LogP contribution in [0.5, 0.6) is 0 Å². The monoisotopic (exact) mass is 265 g/mol. The third-order valence-corrected chi connectivity index (χ3v) is 4.09. The Morgan fingerprint density at radius 3 is 2.95 bits per heavy atom. The van der Waals surface area contributed by atoms with Gasteiger partial charge in [-0.05, 0) is 18.9 Å². The molecule has 1 aromatic rings. The van der Waals surface area contributed by atoms with Gasteiger partial charge in [-0.1, -0.05) is 13.8 Å². The molecule has 0 aliphatic carbocycles. The van der Waals surface area contributed by atoms with Crippen molar-refractivity contribution in [3.8, 4) is 0 Å². The minimum Gasteiger partial charge on any atom is -0.329 e. The molecule has 1 aliphatic heterocycles. The summed E-state index contributed by atoms with van der Waals surface area (Å²) in [6, 6.07) is 3.11. The molecule has 0 saturated carbocycles. The molecule has 0 radical (unpaired) electrons. The van der Waals surface area contributed by atoms with E-state index in [-0.39, 0.29) is 0 Å². The molecule has 0 bridgehead atoms. The third kappa shape index (κ3) is 3.55. The summed E-state index contributed by atoms with van der Waals surface area (Å²) in [7, 11) is 0. The van der Waals surface area contributed by atoms with Crippen LogP contribution in [0.25, 0.3) is 0 Å². The van der Waals surface area contributed by atoms with E-state index in [1.807, 2.05) is 0 Å². The second-order valence-electron chi connectivity index (χ2n) is 5.32. The average Bonchev–Trinajstić information content (AvgIpc) is 2.89. The van der Waals surface area contributed by atoms with Crippen LogP contribution in [0.1, 0.15) is 38.4 Å². The molecule has 0 amide bonds. The smallest absolute Gasteiger partial charge is 0.0765 e. The fourth-order valence-electron chi connectivity index (χ4n) is 2.78. The highest BCUT2D eigenvalue weighted by atomic mass is 15.3. The molecule has 2 heterocycles. The minimum atomic E-state index is 0.437. The summed E-state index contributed by atoms with van der Waals surface area (Å²) >= 11 is 0. The van der Waals surface area contributed by atoms with Gasteiger partial charge in [0.05, 0.1) is 11.7 Å². The number of nitrogens with zero attached hydrogens (tertiary/aromatic N) is 3. The minimum absolute atomic E-state index is 0.437. The first-order valence-electron chi connectivity index (χ1n) is 7.47. The predicted octanol–water partition coefficient (Wildman–Crippen LogP) is 0.977. The molecular weight excluding hydrogens is 238 g/mol. The maximum Gasteiger partial charge on any atom is 0.0765 e. The Morgan fingerprint density at radius 2 is 2.26 bits per heavy atom. The fourth-order valence-corrected chi connectivity index (χ4v) is 2.78. The second-order valence-corrected chi connectivity index (χ2v) is 5.32. The largest absolute Gasteiger partial charge is 0.329 e.